The van der Waals surface area contributed by atoms with Crippen LogP contribution in [0.25, 0.3) is 0 Å². The van der Waals surface area contributed by atoms with E-state index in [1.807, 2.05) is 0 Å². The normalized spacial score (nSPS) is 40.5. The van der Waals surface area contributed by atoms with Gasteiger partial charge in [-0.15, -0.1) is 0 Å². The minimum Gasteiger partial charge on any atom is -0.382 e. The van der Waals surface area contributed by atoms with Crippen LogP contribution in [0, 0.1) is 10.8 Å². The van der Waals surface area contributed by atoms with Crippen molar-refractivity contribution in [3.8, 4) is 0 Å². The molecule has 0 bridgehead atoms. The van der Waals surface area contributed by atoms with E-state index < -0.39 is 5.60 Å². The molecule has 0 aromatic carbocycles. The summed E-state index contributed by atoms with van der Waals surface area (Å²) < 4.78 is 0. The minimum absolute atomic E-state index is 0.0639. The highest BCUT2D eigenvalue weighted by atomic mass is 16.3. The van der Waals surface area contributed by atoms with Crippen molar-refractivity contribution in [2.75, 3.05) is 0 Å². The van der Waals surface area contributed by atoms with Crippen LogP contribution in [0.5, 0.6) is 0 Å². The minimum atomic E-state index is -0.981. The topological polar surface area (TPSA) is 37.3 Å². The van der Waals surface area contributed by atoms with Gasteiger partial charge in [0, 0.05) is 11.0 Å². The molecule has 2 atom stereocenters. The van der Waals surface area contributed by atoms with Gasteiger partial charge in [-0.05, 0) is 43.4 Å². The van der Waals surface area contributed by atoms with E-state index in [1.54, 1.807) is 19.1 Å². The Hall–Kier alpha value is -0.890. The highest BCUT2D eigenvalue weighted by molar-refractivity contribution is 6.06. The monoisotopic (exact) mass is 234 g/mol. The Labute approximate surface area is 103 Å². The fourth-order valence-electron chi connectivity index (χ4n) is 3.17. The van der Waals surface area contributed by atoms with Gasteiger partial charge in [0.25, 0.3) is 0 Å². The van der Waals surface area contributed by atoms with Gasteiger partial charge in [-0.1, -0.05) is 27.2 Å². The molecule has 0 spiro atoms. The number of aliphatic hydroxyl groups is 1. The average molecular weight is 234 g/mol. The number of allylic oxidation sites excluding steroid dienone is 2. The van der Waals surface area contributed by atoms with Gasteiger partial charge in [0.2, 0.25) is 0 Å². The first-order valence-corrected chi connectivity index (χ1v) is 6.37. The predicted molar refractivity (Wildman–Crippen MR) is 68.6 cm³/mol. The number of hydrogen-bond donors (Lipinski definition) is 1. The molecule has 0 aliphatic heterocycles. The van der Waals surface area contributed by atoms with Gasteiger partial charge in [0.05, 0.1) is 5.60 Å². The zero-order chi connectivity index (χ0) is 12.9. The Morgan fingerprint density at radius 3 is 2.35 bits per heavy atom. The number of carbonyl (C=O) groups excluding carboxylic acids is 1. The SMILES string of the molecule is CC1(O)C=CC(=O)C(C2(C)CCCC2(C)C)=C1. The van der Waals surface area contributed by atoms with Crippen molar-refractivity contribution < 1.29 is 9.90 Å². The van der Waals surface area contributed by atoms with Gasteiger partial charge >= 0.3 is 0 Å². The largest absolute Gasteiger partial charge is 0.382 e. The van der Waals surface area contributed by atoms with Crippen molar-refractivity contribution in [1.29, 1.82) is 0 Å². The first-order chi connectivity index (χ1) is 7.68. The zero-order valence-corrected chi connectivity index (χ0v) is 11.2. The maximum atomic E-state index is 12.1. The first kappa shape index (κ1) is 12.6. The maximum Gasteiger partial charge on any atom is 0.181 e. The Balaban J connectivity index is 2.47. The third kappa shape index (κ3) is 1.89. The summed E-state index contributed by atoms with van der Waals surface area (Å²) in [5.74, 6) is 0.0639. The van der Waals surface area contributed by atoms with E-state index in [4.69, 9.17) is 0 Å². The lowest BCUT2D eigenvalue weighted by Crippen LogP contribution is -2.37. The van der Waals surface area contributed by atoms with E-state index >= 15 is 0 Å². The van der Waals surface area contributed by atoms with Crippen molar-refractivity contribution >= 4 is 5.78 Å². The Morgan fingerprint density at radius 2 is 1.82 bits per heavy atom. The molecule has 0 heterocycles. The lowest BCUT2D eigenvalue weighted by Gasteiger charge is -2.41. The van der Waals surface area contributed by atoms with Crippen LogP contribution in [-0.4, -0.2) is 16.5 Å². The molecule has 0 saturated heterocycles. The highest BCUT2D eigenvalue weighted by Crippen LogP contribution is 2.57. The molecule has 0 aromatic heterocycles. The number of ketones is 1. The summed E-state index contributed by atoms with van der Waals surface area (Å²) in [4.78, 5) is 12.1. The van der Waals surface area contributed by atoms with Gasteiger partial charge in [0.1, 0.15) is 0 Å². The summed E-state index contributed by atoms with van der Waals surface area (Å²) >= 11 is 0. The summed E-state index contributed by atoms with van der Waals surface area (Å²) in [6.45, 7) is 8.34. The van der Waals surface area contributed by atoms with E-state index in [0.29, 0.717) is 0 Å². The second-order valence-electron chi connectivity index (χ2n) is 6.55. The molecular weight excluding hydrogens is 212 g/mol. The number of carbonyl (C=O) groups is 1. The first-order valence-electron chi connectivity index (χ1n) is 6.37. The fourth-order valence-corrected chi connectivity index (χ4v) is 3.17. The molecule has 1 fully saturated rings. The summed E-state index contributed by atoms with van der Waals surface area (Å²) in [7, 11) is 0. The molecule has 94 valence electrons. The van der Waals surface area contributed by atoms with Gasteiger partial charge in [-0.25, -0.2) is 0 Å². The predicted octanol–water partition coefficient (Wildman–Crippen LogP) is 3.02. The van der Waals surface area contributed by atoms with Gasteiger partial charge in [-0.3, -0.25) is 4.79 Å². The van der Waals surface area contributed by atoms with Crippen LogP contribution in [0.1, 0.15) is 47.0 Å². The molecule has 2 aliphatic rings. The smallest absolute Gasteiger partial charge is 0.181 e. The van der Waals surface area contributed by atoms with Gasteiger partial charge in [0.15, 0.2) is 5.78 Å². The van der Waals surface area contributed by atoms with Gasteiger partial charge in [-0.2, -0.15) is 0 Å². The molecule has 1 N–H and O–H groups in total. The molecule has 2 heteroatoms. The van der Waals surface area contributed by atoms with E-state index in [2.05, 4.69) is 20.8 Å². The molecule has 2 unspecified atom stereocenters. The molecule has 2 nitrogen and oxygen atoms in total. The molecule has 2 rings (SSSR count). The van der Waals surface area contributed by atoms with Crippen LogP contribution in [0.2, 0.25) is 0 Å². The second-order valence-corrected chi connectivity index (χ2v) is 6.55. The maximum absolute atomic E-state index is 12.1. The van der Waals surface area contributed by atoms with E-state index in [9.17, 15) is 9.90 Å². The lowest BCUT2D eigenvalue weighted by molar-refractivity contribution is -0.113. The van der Waals surface area contributed by atoms with Crippen LogP contribution in [0.4, 0.5) is 0 Å². The Morgan fingerprint density at radius 1 is 1.18 bits per heavy atom. The lowest BCUT2D eigenvalue weighted by atomic mass is 9.62. The third-order valence-corrected chi connectivity index (χ3v) is 4.84. The van der Waals surface area contributed by atoms with E-state index in [-0.39, 0.29) is 16.6 Å². The standard InChI is InChI=1S/C15H22O2/c1-13(2)7-5-8-15(13,4)11-10-14(3,17)9-6-12(11)16/h6,9-10,17H,5,7-8H2,1-4H3. The van der Waals surface area contributed by atoms with Gasteiger partial charge < -0.3 is 5.11 Å². The summed E-state index contributed by atoms with van der Waals surface area (Å²) in [5, 5.41) is 10.1. The molecule has 17 heavy (non-hydrogen) atoms. The van der Waals surface area contributed by atoms with Crippen LogP contribution in [0.15, 0.2) is 23.8 Å². The van der Waals surface area contributed by atoms with Crippen molar-refractivity contribution in [1.82, 2.24) is 0 Å². The van der Waals surface area contributed by atoms with Crippen LogP contribution < -0.4 is 0 Å². The fraction of sp³-hybridized carbons (Fsp3) is 0.667. The van der Waals surface area contributed by atoms with Crippen molar-refractivity contribution in [3.05, 3.63) is 23.8 Å². The van der Waals surface area contributed by atoms with Crippen molar-refractivity contribution in [2.45, 2.75) is 52.6 Å². The molecule has 1 saturated carbocycles. The van der Waals surface area contributed by atoms with Crippen molar-refractivity contribution in [2.24, 2.45) is 10.8 Å². The molecular formula is C15H22O2. The summed E-state index contributed by atoms with van der Waals surface area (Å²) in [6.07, 6.45) is 8.17. The molecule has 0 amide bonds. The Bertz CT molecular complexity index is 413. The zero-order valence-electron chi connectivity index (χ0n) is 11.2. The third-order valence-electron chi connectivity index (χ3n) is 4.84. The molecule has 0 aromatic rings. The summed E-state index contributed by atoms with van der Waals surface area (Å²) in [6, 6.07) is 0. The average Bonchev–Trinajstić information content (AvgIpc) is 2.47. The van der Waals surface area contributed by atoms with Crippen molar-refractivity contribution in [3.63, 3.8) is 0 Å². The summed E-state index contributed by atoms with van der Waals surface area (Å²) in [5.41, 5.74) is -0.174. The second kappa shape index (κ2) is 3.55. The van der Waals surface area contributed by atoms with Crippen LogP contribution >= 0.6 is 0 Å². The number of hydrogen-bond acceptors (Lipinski definition) is 2. The van der Waals surface area contributed by atoms with E-state index in [1.165, 1.54) is 6.08 Å². The Kier molecular flexibility index (Phi) is 2.62. The molecule has 0 radical (unpaired) electrons. The quantitative estimate of drug-likeness (QED) is 0.757. The van der Waals surface area contributed by atoms with Crippen LogP contribution in [0.3, 0.4) is 0 Å². The molecule has 2 aliphatic carbocycles. The highest BCUT2D eigenvalue weighted by Gasteiger charge is 2.49. The van der Waals surface area contributed by atoms with Crippen LogP contribution in [-0.2, 0) is 4.79 Å². The van der Waals surface area contributed by atoms with E-state index in [0.717, 1.165) is 24.8 Å². The number of rotatable bonds is 1.